The van der Waals surface area contributed by atoms with E-state index in [0.717, 1.165) is 38.3 Å². The zero-order valence-electron chi connectivity index (χ0n) is 14.9. The molecule has 0 aromatic carbocycles. The molecule has 3 aliphatic heterocycles. The number of carbonyl (C=O) groups is 1. The summed E-state index contributed by atoms with van der Waals surface area (Å²) in [5, 5.41) is 0. The van der Waals surface area contributed by atoms with Gasteiger partial charge in [-0.2, -0.15) is 0 Å². The number of aryl methyl sites for hydroxylation is 1. The van der Waals surface area contributed by atoms with E-state index in [4.69, 9.17) is 4.74 Å². The molecule has 1 amide bonds. The number of ether oxygens (including phenoxy) is 1. The van der Waals surface area contributed by atoms with Crippen LogP contribution in [0.15, 0.2) is 12.4 Å². The third kappa shape index (κ3) is 2.39. The van der Waals surface area contributed by atoms with Gasteiger partial charge in [-0.25, -0.2) is 4.98 Å². The van der Waals surface area contributed by atoms with E-state index >= 15 is 0 Å². The van der Waals surface area contributed by atoms with Gasteiger partial charge in [0, 0.05) is 51.3 Å². The Morgan fingerprint density at radius 2 is 2.29 bits per heavy atom. The summed E-state index contributed by atoms with van der Waals surface area (Å²) in [6, 6.07) is 0.237. The van der Waals surface area contributed by atoms with Gasteiger partial charge in [-0.3, -0.25) is 9.69 Å². The second-order valence-corrected chi connectivity index (χ2v) is 7.91. The Kier molecular flexibility index (Phi) is 3.92. The van der Waals surface area contributed by atoms with Crippen molar-refractivity contribution in [2.45, 2.75) is 51.4 Å². The molecule has 4 rings (SSSR count). The molecule has 24 heavy (non-hydrogen) atoms. The average Bonchev–Trinajstić information content (AvgIpc) is 3.13. The minimum atomic E-state index is -0.345. The van der Waals surface area contributed by atoms with E-state index in [2.05, 4.69) is 33.2 Å². The van der Waals surface area contributed by atoms with Crippen molar-refractivity contribution in [2.75, 3.05) is 19.7 Å². The molecule has 0 aliphatic carbocycles. The van der Waals surface area contributed by atoms with Crippen LogP contribution in [-0.4, -0.2) is 56.7 Å². The molecule has 3 aliphatic rings. The predicted octanol–water partition coefficient (Wildman–Crippen LogP) is 1.62. The standard InChI is InChI=1S/C18H28N4O2/c1-13(2)15-12-24-18-6-8-21(11-16-19-7-9-20(16)3)10-14(18)4-5-17(23)22(15)18/h7,9,13-15H,4-6,8,10-12H2,1-3H3. The van der Waals surface area contributed by atoms with Gasteiger partial charge in [0.05, 0.1) is 19.2 Å². The lowest BCUT2D eigenvalue weighted by atomic mass is 9.79. The van der Waals surface area contributed by atoms with Crippen molar-refractivity contribution < 1.29 is 9.53 Å². The van der Waals surface area contributed by atoms with Gasteiger partial charge in [0.15, 0.2) is 0 Å². The molecule has 3 fully saturated rings. The van der Waals surface area contributed by atoms with Gasteiger partial charge in [-0.15, -0.1) is 0 Å². The number of aromatic nitrogens is 2. The minimum Gasteiger partial charge on any atom is -0.353 e. The van der Waals surface area contributed by atoms with Crippen LogP contribution in [0.25, 0.3) is 0 Å². The van der Waals surface area contributed by atoms with Crippen LogP contribution in [0.2, 0.25) is 0 Å². The number of hydrogen-bond acceptors (Lipinski definition) is 4. The van der Waals surface area contributed by atoms with E-state index in [-0.39, 0.29) is 11.8 Å². The molecule has 6 heteroatoms. The monoisotopic (exact) mass is 332 g/mol. The molecule has 1 aromatic heterocycles. The number of rotatable bonds is 3. The maximum absolute atomic E-state index is 12.6. The molecule has 4 heterocycles. The third-order valence-corrected chi connectivity index (χ3v) is 6.18. The molecule has 6 nitrogen and oxygen atoms in total. The van der Waals surface area contributed by atoms with E-state index < -0.39 is 0 Å². The lowest BCUT2D eigenvalue weighted by Crippen LogP contribution is -2.65. The summed E-state index contributed by atoms with van der Waals surface area (Å²) >= 11 is 0. The van der Waals surface area contributed by atoms with Crippen LogP contribution >= 0.6 is 0 Å². The molecule has 1 spiro atoms. The van der Waals surface area contributed by atoms with Crippen LogP contribution in [0.5, 0.6) is 0 Å². The first-order valence-corrected chi connectivity index (χ1v) is 9.16. The zero-order valence-corrected chi connectivity index (χ0v) is 14.9. The van der Waals surface area contributed by atoms with Gasteiger partial charge in [-0.05, 0) is 12.3 Å². The maximum atomic E-state index is 12.6. The molecule has 3 saturated heterocycles. The molecule has 0 saturated carbocycles. The lowest BCUT2D eigenvalue weighted by Gasteiger charge is -2.53. The Morgan fingerprint density at radius 1 is 1.46 bits per heavy atom. The normalized spacial score (nSPS) is 33.8. The van der Waals surface area contributed by atoms with Gasteiger partial charge in [0.1, 0.15) is 11.5 Å². The lowest BCUT2D eigenvalue weighted by molar-refractivity contribution is -0.193. The van der Waals surface area contributed by atoms with Gasteiger partial charge in [0.2, 0.25) is 5.91 Å². The highest BCUT2D eigenvalue weighted by atomic mass is 16.5. The molecule has 132 valence electrons. The SMILES string of the molecule is CC(C)C1COC23CCN(Cc4nccn4C)CC2CCC(=O)N13. The number of hydrogen-bond donors (Lipinski definition) is 0. The fourth-order valence-corrected chi connectivity index (χ4v) is 4.74. The van der Waals surface area contributed by atoms with E-state index in [1.165, 1.54) is 0 Å². The van der Waals surface area contributed by atoms with Gasteiger partial charge in [0.25, 0.3) is 0 Å². The first kappa shape index (κ1) is 16.1. The Balaban J connectivity index is 1.53. The zero-order chi connectivity index (χ0) is 16.9. The van der Waals surface area contributed by atoms with Crippen LogP contribution in [-0.2, 0) is 23.1 Å². The molecule has 0 radical (unpaired) electrons. The largest absolute Gasteiger partial charge is 0.353 e. The highest BCUT2D eigenvalue weighted by molar-refractivity contribution is 5.78. The quantitative estimate of drug-likeness (QED) is 0.844. The second-order valence-electron chi connectivity index (χ2n) is 7.91. The summed E-state index contributed by atoms with van der Waals surface area (Å²) in [6.07, 6.45) is 6.37. The number of imidazole rings is 1. The van der Waals surface area contributed by atoms with Crippen LogP contribution in [0, 0.1) is 11.8 Å². The Labute approximate surface area is 143 Å². The summed E-state index contributed by atoms with van der Waals surface area (Å²) in [4.78, 5) is 21.7. The fourth-order valence-electron chi connectivity index (χ4n) is 4.74. The summed E-state index contributed by atoms with van der Waals surface area (Å²) in [7, 11) is 2.04. The van der Waals surface area contributed by atoms with Crippen molar-refractivity contribution in [1.29, 1.82) is 0 Å². The highest BCUT2D eigenvalue weighted by Crippen LogP contribution is 2.47. The van der Waals surface area contributed by atoms with Gasteiger partial charge >= 0.3 is 0 Å². The van der Waals surface area contributed by atoms with E-state index in [1.807, 2.05) is 19.4 Å². The first-order chi connectivity index (χ1) is 11.5. The molecule has 3 unspecified atom stereocenters. The van der Waals surface area contributed by atoms with Crippen molar-refractivity contribution in [1.82, 2.24) is 19.4 Å². The minimum absolute atomic E-state index is 0.237. The summed E-state index contributed by atoms with van der Waals surface area (Å²) in [6.45, 7) is 7.90. The van der Waals surface area contributed by atoms with Crippen molar-refractivity contribution >= 4 is 5.91 Å². The maximum Gasteiger partial charge on any atom is 0.225 e. The molecule has 0 N–H and O–H groups in total. The Bertz CT molecular complexity index is 628. The van der Waals surface area contributed by atoms with E-state index in [1.54, 1.807) is 0 Å². The van der Waals surface area contributed by atoms with Gasteiger partial charge < -0.3 is 14.2 Å². The number of amides is 1. The van der Waals surface area contributed by atoms with Crippen molar-refractivity contribution in [3.8, 4) is 0 Å². The van der Waals surface area contributed by atoms with Crippen LogP contribution in [0.3, 0.4) is 0 Å². The van der Waals surface area contributed by atoms with Crippen LogP contribution < -0.4 is 0 Å². The van der Waals surface area contributed by atoms with Crippen molar-refractivity contribution in [3.05, 3.63) is 18.2 Å². The van der Waals surface area contributed by atoms with Gasteiger partial charge in [-0.1, -0.05) is 13.8 Å². The van der Waals surface area contributed by atoms with Crippen LogP contribution in [0.4, 0.5) is 0 Å². The molecule has 3 atom stereocenters. The molecular weight excluding hydrogens is 304 g/mol. The number of nitrogens with zero attached hydrogens (tertiary/aromatic N) is 4. The Hall–Kier alpha value is -1.40. The topological polar surface area (TPSA) is 50.6 Å². The van der Waals surface area contributed by atoms with Crippen LogP contribution in [0.1, 0.15) is 38.9 Å². The number of likely N-dealkylation sites (tertiary alicyclic amines) is 1. The number of carbonyl (C=O) groups excluding carboxylic acids is 1. The Morgan fingerprint density at radius 3 is 3.00 bits per heavy atom. The molecular formula is C18H28N4O2. The molecule has 1 aromatic rings. The number of piperidine rings is 2. The highest BCUT2D eigenvalue weighted by Gasteiger charge is 2.58. The third-order valence-electron chi connectivity index (χ3n) is 6.18. The summed E-state index contributed by atoms with van der Waals surface area (Å²) in [5.41, 5.74) is -0.345. The van der Waals surface area contributed by atoms with Crippen molar-refractivity contribution in [3.63, 3.8) is 0 Å². The summed E-state index contributed by atoms with van der Waals surface area (Å²) < 4.78 is 8.44. The average molecular weight is 332 g/mol. The predicted molar refractivity (Wildman–Crippen MR) is 90.0 cm³/mol. The smallest absolute Gasteiger partial charge is 0.225 e. The second kappa shape index (κ2) is 5.85. The van der Waals surface area contributed by atoms with E-state index in [9.17, 15) is 4.79 Å². The van der Waals surface area contributed by atoms with Crippen molar-refractivity contribution in [2.24, 2.45) is 18.9 Å². The van der Waals surface area contributed by atoms with E-state index in [0.29, 0.717) is 30.8 Å². The molecule has 0 bridgehead atoms. The fraction of sp³-hybridized carbons (Fsp3) is 0.778. The summed E-state index contributed by atoms with van der Waals surface area (Å²) in [5.74, 6) is 2.24. The first-order valence-electron chi connectivity index (χ1n) is 9.16.